The van der Waals surface area contributed by atoms with Gasteiger partial charge < -0.3 is 14.6 Å². The van der Waals surface area contributed by atoms with Crippen LogP contribution in [0, 0.1) is 11.6 Å². The molecule has 0 atom stereocenters. The summed E-state index contributed by atoms with van der Waals surface area (Å²) in [5.41, 5.74) is 1.97. The molecule has 4 aromatic rings. The third kappa shape index (κ3) is 3.96. The van der Waals surface area contributed by atoms with Crippen LogP contribution in [0.1, 0.15) is 16.1 Å². The van der Waals surface area contributed by atoms with Gasteiger partial charge in [-0.2, -0.15) is 0 Å². The lowest BCUT2D eigenvalue weighted by atomic mass is 10.2. The quantitative estimate of drug-likeness (QED) is 0.468. The predicted octanol–water partition coefficient (Wildman–Crippen LogP) is 4.62. The number of amides is 1. The Morgan fingerprint density at radius 3 is 2.70 bits per heavy atom. The third-order valence-electron chi connectivity index (χ3n) is 4.77. The Labute approximate surface area is 175 Å². The zero-order chi connectivity index (χ0) is 21.1. The fraction of sp³-hybridized carbons (Fsp3) is 0.182. The monoisotopic (exact) mass is 427 g/mol. The first kappa shape index (κ1) is 20.2. The van der Waals surface area contributed by atoms with E-state index in [1.807, 2.05) is 30.3 Å². The maximum Gasteiger partial charge on any atom is 0.271 e. The van der Waals surface area contributed by atoms with E-state index in [4.69, 9.17) is 4.74 Å². The van der Waals surface area contributed by atoms with Crippen LogP contribution < -0.4 is 5.32 Å². The zero-order valence-electron chi connectivity index (χ0n) is 16.2. The number of ether oxygens (including phenoxy) is 1. The van der Waals surface area contributed by atoms with Gasteiger partial charge in [-0.05, 0) is 24.3 Å². The van der Waals surface area contributed by atoms with E-state index < -0.39 is 17.5 Å². The van der Waals surface area contributed by atoms with Crippen LogP contribution in [0.4, 0.5) is 8.78 Å². The van der Waals surface area contributed by atoms with Crippen molar-refractivity contribution in [2.75, 3.05) is 13.7 Å². The van der Waals surface area contributed by atoms with Gasteiger partial charge in [0.25, 0.3) is 5.91 Å². The van der Waals surface area contributed by atoms with Crippen molar-refractivity contribution in [1.82, 2.24) is 14.9 Å². The topological polar surface area (TPSA) is 56.2 Å². The summed E-state index contributed by atoms with van der Waals surface area (Å²) in [6, 6.07) is 13.6. The molecule has 154 valence electrons. The molecular formula is C22H19F2N3O2S. The number of carbonyl (C=O) groups excluding carboxylic acids is 1. The number of carbonyl (C=O) groups is 1. The Kier molecular flexibility index (Phi) is 5.87. The fourth-order valence-corrected chi connectivity index (χ4v) is 4.09. The van der Waals surface area contributed by atoms with Crippen molar-refractivity contribution < 1.29 is 18.3 Å². The van der Waals surface area contributed by atoms with Crippen molar-refractivity contribution in [1.29, 1.82) is 0 Å². The largest absolute Gasteiger partial charge is 0.383 e. The van der Waals surface area contributed by atoms with E-state index in [2.05, 4.69) is 14.9 Å². The van der Waals surface area contributed by atoms with Gasteiger partial charge in [0.15, 0.2) is 0 Å². The van der Waals surface area contributed by atoms with E-state index in [0.717, 1.165) is 28.7 Å². The molecule has 0 bridgehead atoms. The van der Waals surface area contributed by atoms with E-state index in [1.165, 1.54) is 17.4 Å². The number of nitrogens with zero attached hydrogens (tertiary/aromatic N) is 2. The SMILES string of the molecule is COCCn1c(-c2nc(C(=O)NCc3c(F)cccc3F)cs2)cc2ccccc21. The van der Waals surface area contributed by atoms with Crippen LogP contribution in [0.15, 0.2) is 53.9 Å². The van der Waals surface area contributed by atoms with Crippen molar-refractivity contribution in [2.45, 2.75) is 13.1 Å². The van der Waals surface area contributed by atoms with Gasteiger partial charge in [-0.1, -0.05) is 24.3 Å². The van der Waals surface area contributed by atoms with E-state index in [-0.39, 0.29) is 17.8 Å². The van der Waals surface area contributed by atoms with Crippen molar-refractivity contribution in [3.63, 3.8) is 0 Å². The first-order chi connectivity index (χ1) is 14.6. The summed E-state index contributed by atoms with van der Waals surface area (Å²) in [4.78, 5) is 16.9. The van der Waals surface area contributed by atoms with Gasteiger partial charge in [0, 0.05) is 42.0 Å². The van der Waals surface area contributed by atoms with Gasteiger partial charge in [0.1, 0.15) is 22.3 Å². The molecule has 1 N–H and O–H groups in total. The summed E-state index contributed by atoms with van der Waals surface area (Å²) < 4.78 is 34.9. The smallest absolute Gasteiger partial charge is 0.271 e. The maximum absolute atomic E-state index is 13.8. The molecule has 2 heterocycles. The molecule has 5 nitrogen and oxygen atoms in total. The van der Waals surface area contributed by atoms with Gasteiger partial charge in [-0.3, -0.25) is 4.79 Å². The van der Waals surface area contributed by atoms with Crippen LogP contribution in [0.3, 0.4) is 0 Å². The maximum atomic E-state index is 13.8. The molecular weight excluding hydrogens is 408 g/mol. The predicted molar refractivity (Wildman–Crippen MR) is 112 cm³/mol. The number of methoxy groups -OCH3 is 1. The Bertz CT molecular complexity index is 1180. The van der Waals surface area contributed by atoms with Crippen LogP contribution >= 0.6 is 11.3 Å². The Balaban J connectivity index is 1.57. The minimum Gasteiger partial charge on any atom is -0.383 e. The van der Waals surface area contributed by atoms with Crippen molar-refractivity contribution >= 4 is 28.1 Å². The number of hydrogen-bond acceptors (Lipinski definition) is 4. The minimum atomic E-state index is -0.697. The molecule has 0 aliphatic heterocycles. The molecule has 2 aromatic carbocycles. The number of aromatic nitrogens is 2. The molecule has 1 amide bonds. The van der Waals surface area contributed by atoms with Gasteiger partial charge in [-0.15, -0.1) is 11.3 Å². The van der Waals surface area contributed by atoms with Crippen LogP contribution in [0.2, 0.25) is 0 Å². The van der Waals surface area contributed by atoms with Gasteiger partial charge in [-0.25, -0.2) is 13.8 Å². The van der Waals surface area contributed by atoms with E-state index in [9.17, 15) is 13.6 Å². The molecule has 0 spiro atoms. The standard InChI is InChI=1S/C22H19F2N3O2S/c1-29-10-9-27-19-8-3-2-5-14(19)11-20(27)22-26-18(13-30-22)21(28)25-12-15-16(23)6-4-7-17(15)24/h2-8,11,13H,9-10,12H2,1H3,(H,25,28). The summed E-state index contributed by atoms with van der Waals surface area (Å²) in [5.74, 6) is -1.88. The molecule has 0 unspecified atom stereocenters. The average molecular weight is 427 g/mol. The number of fused-ring (bicyclic) bond motifs is 1. The molecule has 0 aliphatic carbocycles. The second kappa shape index (κ2) is 8.73. The summed E-state index contributed by atoms with van der Waals surface area (Å²) >= 11 is 1.34. The highest BCUT2D eigenvalue weighted by Crippen LogP contribution is 2.30. The number of hydrogen-bond donors (Lipinski definition) is 1. The number of thiazole rings is 1. The third-order valence-corrected chi connectivity index (χ3v) is 5.64. The summed E-state index contributed by atoms with van der Waals surface area (Å²) in [6.45, 7) is 0.934. The average Bonchev–Trinajstić information content (AvgIpc) is 3.36. The number of halogens is 2. The molecule has 0 aliphatic rings. The molecule has 4 rings (SSSR count). The Hall–Kier alpha value is -3.10. The number of nitrogens with one attached hydrogen (secondary N) is 1. The molecule has 8 heteroatoms. The summed E-state index contributed by atoms with van der Waals surface area (Å²) in [5, 5.41) is 5.93. The lowest BCUT2D eigenvalue weighted by molar-refractivity contribution is 0.0946. The normalized spacial score (nSPS) is 11.2. The number of benzene rings is 2. The second-order valence-corrected chi connectivity index (χ2v) is 7.51. The highest BCUT2D eigenvalue weighted by Gasteiger charge is 2.17. The Morgan fingerprint density at radius 1 is 1.17 bits per heavy atom. The molecule has 0 saturated carbocycles. The van der Waals surface area contributed by atoms with Crippen LogP contribution in [-0.2, 0) is 17.8 Å². The van der Waals surface area contributed by atoms with Crippen molar-refractivity contribution in [2.24, 2.45) is 0 Å². The number of rotatable bonds is 7. The van der Waals surface area contributed by atoms with Gasteiger partial charge >= 0.3 is 0 Å². The summed E-state index contributed by atoms with van der Waals surface area (Å²) in [7, 11) is 1.65. The van der Waals surface area contributed by atoms with Crippen molar-refractivity contribution in [3.8, 4) is 10.7 Å². The Morgan fingerprint density at radius 2 is 1.93 bits per heavy atom. The summed E-state index contributed by atoms with van der Waals surface area (Å²) in [6.07, 6.45) is 0. The highest BCUT2D eigenvalue weighted by molar-refractivity contribution is 7.13. The first-order valence-electron chi connectivity index (χ1n) is 9.32. The van der Waals surface area contributed by atoms with Crippen LogP contribution in [-0.4, -0.2) is 29.2 Å². The molecule has 0 saturated heterocycles. The van der Waals surface area contributed by atoms with E-state index in [0.29, 0.717) is 18.2 Å². The van der Waals surface area contributed by atoms with Gasteiger partial charge in [0.05, 0.1) is 12.3 Å². The first-order valence-corrected chi connectivity index (χ1v) is 10.2. The lowest BCUT2D eigenvalue weighted by Crippen LogP contribution is -2.24. The van der Waals surface area contributed by atoms with Crippen LogP contribution in [0.5, 0.6) is 0 Å². The van der Waals surface area contributed by atoms with Gasteiger partial charge in [0.2, 0.25) is 0 Å². The van der Waals surface area contributed by atoms with Crippen molar-refractivity contribution in [3.05, 3.63) is 76.8 Å². The minimum absolute atomic E-state index is 0.180. The second-order valence-electron chi connectivity index (χ2n) is 6.65. The lowest BCUT2D eigenvalue weighted by Gasteiger charge is -2.08. The van der Waals surface area contributed by atoms with Crippen LogP contribution in [0.25, 0.3) is 21.6 Å². The molecule has 0 radical (unpaired) electrons. The molecule has 30 heavy (non-hydrogen) atoms. The van der Waals surface area contributed by atoms with E-state index >= 15 is 0 Å². The molecule has 2 aromatic heterocycles. The van der Waals surface area contributed by atoms with E-state index in [1.54, 1.807) is 12.5 Å². The number of para-hydroxylation sites is 1. The zero-order valence-corrected chi connectivity index (χ0v) is 17.0. The molecule has 0 fully saturated rings. The fourth-order valence-electron chi connectivity index (χ4n) is 3.27. The highest BCUT2D eigenvalue weighted by atomic mass is 32.1.